The molecule has 0 aliphatic carbocycles. The minimum Gasteiger partial charge on any atom is -0.489 e. The zero-order valence-electron chi connectivity index (χ0n) is 16.5. The van der Waals surface area contributed by atoms with Crippen LogP contribution in [0.4, 0.5) is 5.69 Å². The molecule has 2 N–H and O–H groups in total. The molecule has 0 heterocycles. The molecule has 2 aromatic rings. The highest BCUT2D eigenvalue weighted by Gasteiger charge is 2.22. The highest BCUT2D eigenvalue weighted by Crippen LogP contribution is 2.23. The van der Waals surface area contributed by atoms with E-state index in [1.54, 1.807) is 48.5 Å². The fourth-order valence-corrected chi connectivity index (χ4v) is 2.91. The second-order valence-corrected chi connectivity index (χ2v) is 6.82. The van der Waals surface area contributed by atoms with Gasteiger partial charge in [0.25, 0.3) is 0 Å². The van der Waals surface area contributed by atoms with E-state index in [2.05, 4.69) is 5.32 Å². The number of amides is 2. The lowest BCUT2D eigenvalue weighted by atomic mass is 10.3. The van der Waals surface area contributed by atoms with Gasteiger partial charge in [0, 0.05) is 26.9 Å². The lowest BCUT2D eigenvalue weighted by Crippen LogP contribution is -2.51. The number of aliphatic hydroxyl groups excluding tert-OH is 1. The number of para-hydroxylation sites is 2. The smallest absolute Gasteiger partial charge is 0.242 e. The Kier molecular flexibility index (Phi) is 8.92. The van der Waals surface area contributed by atoms with Crippen LogP contribution in [0, 0.1) is 0 Å². The van der Waals surface area contributed by atoms with Crippen LogP contribution in [0.2, 0.25) is 5.02 Å². The van der Waals surface area contributed by atoms with Crippen molar-refractivity contribution >= 4 is 29.1 Å². The maximum atomic E-state index is 12.1. The number of nitrogens with one attached hydrogen (secondary N) is 1. The van der Waals surface area contributed by atoms with Crippen LogP contribution in [0.25, 0.3) is 0 Å². The van der Waals surface area contributed by atoms with Gasteiger partial charge in [-0.1, -0.05) is 41.9 Å². The summed E-state index contributed by atoms with van der Waals surface area (Å²) < 4.78 is 5.50. The number of rotatable bonds is 9. The molecule has 0 saturated carbocycles. The standard InChI is InChI=1S/C21H26ClN3O4/c1-16(26)24(25(17(2)27)18-8-4-3-5-9-18)13-12-23-14-19(28)15-29-21-11-7-6-10-20(21)22/h3-11,19,23,28H,12-15H2,1-2H3. The second kappa shape index (κ2) is 11.4. The first kappa shape index (κ1) is 22.7. The highest BCUT2D eigenvalue weighted by molar-refractivity contribution is 6.32. The predicted molar refractivity (Wildman–Crippen MR) is 113 cm³/mol. The van der Waals surface area contributed by atoms with E-state index in [4.69, 9.17) is 16.3 Å². The van der Waals surface area contributed by atoms with Gasteiger partial charge >= 0.3 is 0 Å². The van der Waals surface area contributed by atoms with E-state index < -0.39 is 6.10 Å². The third-order valence-electron chi connectivity index (χ3n) is 4.05. The van der Waals surface area contributed by atoms with E-state index in [1.807, 2.05) is 6.07 Å². The summed E-state index contributed by atoms with van der Waals surface area (Å²) in [5.41, 5.74) is 0.614. The third-order valence-corrected chi connectivity index (χ3v) is 4.36. The van der Waals surface area contributed by atoms with E-state index in [9.17, 15) is 14.7 Å². The zero-order valence-corrected chi connectivity index (χ0v) is 17.3. The first-order chi connectivity index (χ1) is 13.9. The van der Waals surface area contributed by atoms with E-state index in [0.717, 1.165) is 0 Å². The summed E-state index contributed by atoms with van der Waals surface area (Å²) in [6.07, 6.45) is -0.755. The Morgan fingerprint density at radius 1 is 1.07 bits per heavy atom. The molecule has 156 valence electrons. The van der Waals surface area contributed by atoms with Gasteiger partial charge in [0.15, 0.2) is 0 Å². The molecule has 0 aliphatic rings. The molecule has 0 radical (unpaired) electrons. The van der Waals surface area contributed by atoms with Crippen molar-refractivity contribution in [2.45, 2.75) is 20.0 Å². The Labute approximate surface area is 175 Å². The lowest BCUT2D eigenvalue weighted by molar-refractivity contribution is -0.134. The van der Waals surface area contributed by atoms with Crippen LogP contribution in [-0.2, 0) is 9.59 Å². The van der Waals surface area contributed by atoms with Gasteiger partial charge in [0.05, 0.1) is 17.3 Å². The number of hydrazine groups is 1. The zero-order chi connectivity index (χ0) is 21.2. The summed E-state index contributed by atoms with van der Waals surface area (Å²) >= 11 is 6.01. The van der Waals surface area contributed by atoms with Gasteiger partial charge in [0.2, 0.25) is 11.8 Å². The molecular formula is C21H26ClN3O4. The molecule has 0 fully saturated rings. The van der Waals surface area contributed by atoms with Crippen molar-refractivity contribution in [1.29, 1.82) is 0 Å². The summed E-state index contributed by atoms with van der Waals surface area (Å²) in [4.78, 5) is 24.2. The Morgan fingerprint density at radius 3 is 2.34 bits per heavy atom. The van der Waals surface area contributed by atoms with Crippen LogP contribution in [0.5, 0.6) is 5.75 Å². The molecule has 0 bridgehead atoms. The Balaban J connectivity index is 1.83. The number of halogens is 1. The van der Waals surface area contributed by atoms with Gasteiger partial charge in [-0.2, -0.15) is 0 Å². The van der Waals surface area contributed by atoms with Crippen LogP contribution in [0.1, 0.15) is 13.8 Å². The number of nitrogens with zero attached hydrogens (tertiary/aromatic N) is 2. The molecule has 2 amide bonds. The highest BCUT2D eigenvalue weighted by atomic mass is 35.5. The molecule has 0 spiro atoms. The number of hydrogen-bond acceptors (Lipinski definition) is 5. The quantitative estimate of drug-likeness (QED) is 0.482. The molecule has 8 heteroatoms. The van der Waals surface area contributed by atoms with Gasteiger partial charge in [-0.3, -0.25) is 9.59 Å². The molecule has 0 saturated heterocycles. The SMILES string of the molecule is CC(=O)N(CCNCC(O)COc1ccccc1Cl)N(C(C)=O)c1ccccc1. The van der Waals surface area contributed by atoms with Crippen molar-refractivity contribution in [1.82, 2.24) is 10.3 Å². The van der Waals surface area contributed by atoms with E-state index >= 15 is 0 Å². The summed E-state index contributed by atoms with van der Waals surface area (Å²) in [5, 5.41) is 16.3. The lowest BCUT2D eigenvalue weighted by Gasteiger charge is -2.33. The maximum absolute atomic E-state index is 12.1. The number of carbonyl (C=O) groups excluding carboxylic acids is 2. The summed E-state index contributed by atoms with van der Waals surface area (Å²) in [6, 6.07) is 16.0. The Morgan fingerprint density at radius 2 is 1.72 bits per heavy atom. The summed E-state index contributed by atoms with van der Waals surface area (Å²) in [6.45, 7) is 3.82. The van der Waals surface area contributed by atoms with Crippen molar-refractivity contribution in [2.24, 2.45) is 0 Å². The number of anilines is 1. The molecule has 0 aliphatic heterocycles. The van der Waals surface area contributed by atoms with Crippen LogP contribution in [0.15, 0.2) is 54.6 Å². The van der Waals surface area contributed by atoms with Crippen molar-refractivity contribution in [3.05, 3.63) is 59.6 Å². The van der Waals surface area contributed by atoms with Gasteiger partial charge < -0.3 is 15.2 Å². The van der Waals surface area contributed by atoms with E-state index in [-0.39, 0.29) is 31.5 Å². The van der Waals surface area contributed by atoms with Crippen LogP contribution < -0.4 is 15.1 Å². The number of benzene rings is 2. The molecule has 2 rings (SSSR count). The number of aliphatic hydroxyl groups is 1. The van der Waals surface area contributed by atoms with E-state index in [0.29, 0.717) is 23.0 Å². The molecular weight excluding hydrogens is 394 g/mol. The summed E-state index contributed by atoms with van der Waals surface area (Å²) in [7, 11) is 0. The molecule has 2 aromatic carbocycles. The minimum absolute atomic E-state index is 0.0801. The van der Waals surface area contributed by atoms with Gasteiger partial charge in [-0.25, -0.2) is 10.0 Å². The normalized spacial score (nSPS) is 11.6. The first-order valence-electron chi connectivity index (χ1n) is 9.30. The average molecular weight is 420 g/mol. The van der Waals surface area contributed by atoms with Crippen LogP contribution in [-0.4, -0.2) is 54.3 Å². The maximum Gasteiger partial charge on any atom is 0.242 e. The predicted octanol–water partition coefficient (Wildman–Crippen LogP) is 2.49. The van der Waals surface area contributed by atoms with Gasteiger partial charge in [-0.15, -0.1) is 0 Å². The fraction of sp³-hybridized carbons (Fsp3) is 0.333. The number of ether oxygens (including phenoxy) is 1. The monoisotopic (exact) mass is 419 g/mol. The summed E-state index contributed by atoms with van der Waals surface area (Å²) in [5.74, 6) is -0.0102. The van der Waals surface area contributed by atoms with Crippen molar-refractivity contribution < 1.29 is 19.4 Å². The minimum atomic E-state index is -0.755. The van der Waals surface area contributed by atoms with Crippen LogP contribution >= 0.6 is 11.6 Å². The largest absolute Gasteiger partial charge is 0.489 e. The van der Waals surface area contributed by atoms with Crippen molar-refractivity contribution in [3.63, 3.8) is 0 Å². The van der Waals surface area contributed by atoms with Gasteiger partial charge in [0.1, 0.15) is 18.5 Å². The second-order valence-electron chi connectivity index (χ2n) is 6.41. The molecule has 29 heavy (non-hydrogen) atoms. The van der Waals surface area contributed by atoms with Crippen molar-refractivity contribution in [3.8, 4) is 5.75 Å². The molecule has 7 nitrogen and oxygen atoms in total. The van der Waals surface area contributed by atoms with Crippen LogP contribution in [0.3, 0.4) is 0 Å². The molecule has 1 atom stereocenters. The molecule has 0 aromatic heterocycles. The third kappa shape index (κ3) is 7.05. The average Bonchev–Trinajstić information content (AvgIpc) is 2.69. The molecule has 1 unspecified atom stereocenters. The van der Waals surface area contributed by atoms with E-state index in [1.165, 1.54) is 23.9 Å². The number of hydrogen-bond donors (Lipinski definition) is 2. The topological polar surface area (TPSA) is 82.1 Å². The fourth-order valence-electron chi connectivity index (χ4n) is 2.72. The first-order valence-corrected chi connectivity index (χ1v) is 9.67. The number of carbonyl (C=O) groups is 2. The van der Waals surface area contributed by atoms with Gasteiger partial charge in [-0.05, 0) is 24.3 Å². The van der Waals surface area contributed by atoms with Crippen molar-refractivity contribution in [2.75, 3.05) is 31.3 Å². The Hall–Kier alpha value is -2.61. The Bertz CT molecular complexity index is 804.